The average Bonchev–Trinajstić information content (AvgIpc) is 3.90. The zero-order valence-electron chi connectivity index (χ0n) is 23.9. The summed E-state index contributed by atoms with van der Waals surface area (Å²) in [6, 6.07) is 23.4. The summed E-state index contributed by atoms with van der Waals surface area (Å²) in [5.74, 6) is 2.53. The van der Waals surface area contributed by atoms with Crippen molar-refractivity contribution in [1.29, 1.82) is 0 Å². The third kappa shape index (κ3) is 3.55. The van der Waals surface area contributed by atoms with Crippen LogP contribution in [-0.4, -0.2) is 59.3 Å². The van der Waals surface area contributed by atoms with Crippen LogP contribution in [0.1, 0.15) is 36.5 Å². The van der Waals surface area contributed by atoms with Crippen molar-refractivity contribution in [2.24, 2.45) is 4.99 Å². The quantitative estimate of drug-likeness (QED) is 0.207. The van der Waals surface area contributed by atoms with Gasteiger partial charge in [0, 0.05) is 65.1 Å². The van der Waals surface area contributed by atoms with Crippen LogP contribution in [0.15, 0.2) is 95.7 Å². The molecule has 0 aliphatic carbocycles. The Hall–Kier alpha value is -4.03. The Morgan fingerprint density at radius 2 is 1.86 bits per heavy atom. The molecule has 0 saturated carbocycles. The monoisotopic (exact) mass is 618 g/mol. The van der Waals surface area contributed by atoms with E-state index in [9.17, 15) is 0 Å². The number of rotatable bonds is 6. The molecule has 4 aromatic heterocycles. The normalized spacial score (nSPS) is 25.9. The smallest absolute Gasteiger partial charge is 0.194 e. The van der Waals surface area contributed by atoms with Gasteiger partial charge >= 0.3 is 0 Å². The minimum Gasteiger partial charge on any atom is -0.357 e. The van der Waals surface area contributed by atoms with Gasteiger partial charge in [0.2, 0.25) is 0 Å². The van der Waals surface area contributed by atoms with E-state index in [0.717, 1.165) is 88.5 Å². The molecule has 7 heterocycles. The van der Waals surface area contributed by atoms with Gasteiger partial charge in [-0.2, -0.15) is 4.37 Å². The maximum absolute atomic E-state index is 7.38. The SMILES string of the molecule is c1ccc2[nH]c(C3(c4ncc[nH]4)C(C4=NCCC4)ON(c4ccsn4)C3(c3nccc4ccccc34)N3CCCS3)cc2c1. The van der Waals surface area contributed by atoms with Crippen LogP contribution in [0.25, 0.3) is 21.7 Å². The molecular weight excluding hydrogens is 589 g/mol. The molecule has 2 saturated heterocycles. The van der Waals surface area contributed by atoms with Crippen molar-refractivity contribution in [3.05, 3.63) is 108 Å². The minimum absolute atomic E-state index is 0.493. The van der Waals surface area contributed by atoms with Crippen molar-refractivity contribution in [3.8, 4) is 0 Å². The molecule has 9 nitrogen and oxygen atoms in total. The standard InChI is InChI=1S/C33H30N8OS2/c1-3-9-24-22(7-1)12-15-35-29(24)33(40-18-6-19-44-40)32(31-36-16-17-37-31,27-21-23-8-2-4-10-25(23)38-27)30(26-11-5-14-34-26)42-41(33)28-13-20-43-39-28/h1-4,7-10,12-13,15-17,20-21,30,38H,5-6,11,14,18-19H2,(H,36,37). The molecule has 2 N–H and O–H groups in total. The van der Waals surface area contributed by atoms with Gasteiger partial charge in [0.15, 0.2) is 11.5 Å². The van der Waals surface area contributed by atoms with Crippen molar-refractivity contribution in [3.63, 3.8) is 0 Å². The molecule has 0 spiro atoms. The predicted octanol–water partition coefficient (Wildman–Crippen LogP) is 6.44. The number of aliphatic imine (C=N–C) groups is 1. The molecule has 3 unspecified atom stereocenters. The molecule has 9 rings (SSSR count). The first kappa shape index (κ1) is 26.4. The maximum atomic E-state index is 7.38. The number of fused-ring (bicyclic) bond motifs is 2. The van der Waals surface area contributed by atoms with Crippen LogP contribution in [-0.2, 0) is 15.9 Å². The van der Waals surface area contributed by atoms with Crippen LogP contribution < -0.4 is 5.06 Å². The fourth-order valence-electron chi connectivity index (χ4n) is 7.53. The third-order valence-electron chi connectivity index (χ3n) is 9.23. The highest BCUT2D eigenvalue weighted by Crippen LogP contribution is 2.63. The first-order valence-electron chi connectivity index (χ1n) is 15.1. The predicted molar refractivity (Wildman–Crippen MR) is 176 cm³/mol. The molecule has 0 bridgehead atoms. The van der Waals surface area contributed by atoms with E-state index < -0.39 is 17.2 Å². The maximum Gasteiger partial charge on any atom is 0.194 e. The van der Waals surface area contributed by atoms with Gasteiger partial charge in [0.1, 0.15) is 17.3 Å². The van der Waals surface area contributed by atoms with E-state index in [4.69, 9.17) is 24.2 Å². The fraction of sp³-hybridized carbons (Fsp3) is 0.273. The molecule has 3 aliphatic heterocycles. The minimum atomic E-state index is -1.03. The van der Waals surface area contributed by atoms with Crippen LogP contribution in [0.2, 0.25) is 0 Å². The summed E-state index contributed by atoms with van der Waals surface area (Å²) in [5, 5.41) is 7.37. The Bertz CT molecular complexity index is 1950. The van der Waals surface area contributed by atoms with E-state index in [1.807, 2.05) is 42.0 Å². The van der Waals surface area contributed by atoms with Crippen molar-refractivity contribution in [1.82, 2.24) is 28.6 Å². The van der Waals surface area contributed by atoms with Crippen molar-refractivity contribution < 1.29 is 4.84 Å². The molecule has 2 aromatic carbocycles. The lowest BCUT2D eigenvalue weighted by molar-refractivity contribution is 0.0768. The molecule has 3 atom stereocenters. The second kappa shape index (κ2) is 10.3. The van der Waals surface area contributed by atoms with E-state index in [0.29, 0.717) is 0 Å². The van der Waals surface area contributed by atoms with Gasteiger partial charge in [-0.15, -0.1) is 0 Å². The van der Waals surface area contributed by atoms with Crippen molar-refractivity contribution in [2.45, 2.75) is 36.4 Å². The number of imidazole rings is 1. The second-order valence-corrected chi connectivity index (χ2v) is 13.2. The van der Waals surface area contributed by atoms with Gasteiger partial charge < -0.3 is 9.97 Å². The lowest BCUT2D eigenvalue weighted by atomic mass is 9.64. The summed E-state index contributed by atoms with van der Waals surface area (Å²) in [6.07, 6.45) is 8.07. The molecule has 0 radical (unpaired) electrons. The number of pyridine rings is 1. The van der Waals surface area contributed by atoms with Gasteiger partial charge in [-0.3, -0.25) is 14.8 Å². The van der Waals surface area contributed by atoms with Crippen LogP contribution in [0.4, 0.5) is 5.82 Å². The lowest BCUT2D eigenvalue weighted by Crippen LogP contribution is -2.65. The summed E-state index contributed by atoms with van der Waals surface area (Å²) >= 11 is 3.26. The average molecular weight is 619 g/mol. The number of aromatic amines is 2. The number of para-hydroxylation sites is 1. The first-order valence-corrected chi connectivity index (χ1v) is 16.8. The summed E-state index contributed by atoms with van der Waals surface area (Å²) in [6.45, 7) is 1.62. The highest BCUT2D eigenvalue weighted by atomic mass is 32.2. The van der Waals surface area contributed by atoms with E-state index >= 15 is 0 Å². The molecule has 0 amide bonds. The third-order valence-corrected chi connectivity index (χ3v) is 11.0. The number of aromatic nitrogens is 5. The lowest BCUT2D eigenvalue weighted by Gasteiger charge is -2.50. The highest BCUT2D eigenvalue weighted by Gasteiger charge is 2.76. The molecule has 220 valence electrons. The number of hydroxylamine groups is 1. The molecule has 2 fully saturated rings. The highest BCUT2D eigenvalue weighted by molar-refractivity contribution is 7.97. The summed E-state index contributed by atoms with van der Waals surface area (Å²) in [5.41, 5.74) is 1.99. The Labute approximate surface area is 262 Å². The Morgan fingerprint density at radius 3 is 2.64 bits per heavy atom. The Balaban J connectivity index is 1.50. The second-order valence-electron chi connectivity index (χ2n) is 11.5. The fourth-order valence-corrected chi connectivity index (χ4v) is 9.25. The van der Waals surface area contributed by atoms with Gasteiger partial charge in [-0.25, -0.2) is 14.4 Å². The molecule has 44 heavy (non-hydrogen) atoms. The molecule has 6 aromatic rings. The largest absolute Gasteiger partial charge is 0.357 e. The zero-order chi connectivity index (χ0) is 29.1. The molecular formula is C33H30N8OS2. The van der Waals surface area contributed by atoms with E-state index in [1.165, 1.54) is 11.5 Å². The molecule has 11 heteroatoms. The van der Waals surface area contributed by atoms with Crippen molar-refractivity contribution in [2.75, 3.05) is 23.9 Å². The topological polar surface area (TPSA) is 98.3 Å². The summed E-state index contributed by atoms with van der Waals surface area (Å²) in [4.78, 5) is 30.4. The number of hydrogen-bond acceptors (Lipinski definition) is 9. The van der Waals surface area contributed by atoms with Crippen LogP contribution in [0.5, 0.6) is 0 Å². The van der Waals surface area contributed by atoms with E-state index in [-0.39, 0.29) is 0 Å². The first-order chi connectivity index (χ1) is 21.8. The summed E-state index contributed by atoms with van der Waals surface area (Å²) in [7, 11) is 0. The van der Waals surface area contributed by atoms with E-state index in [1.54, 1.807) is 0 Å². The number of anilines is 1. The number of nitrogens with zero attached hydrogens (tertiary/aromatic N) is 6. The number of nitrogens with one attached hydrogen (secondary N) is 2. The zero-order valence-corrected chi connectivity index (χ0v) is 25.5. The number of hydrogen-bond donors (Lipinski definition) is 2. The number of benzene rings is 2. The van der Waals surface area contributed by atoms with Gasteiger partial charge in [-0.05, 0) is 65.8 Å². The number of H-pyrrole nitrogens is 2. The van der Waals surface area contributed by atoms with Gasteiger partial charge in [0.25, 0.3) is 0 Å². The van der Waals surface area contributed by atoms with Gasteiger partial charge in [0.05, 0.1) is 5.69 Å². The summed E-state index contributed by atoms with van der Waals surface area (Å²) < 4.78 is 7.40. The van der Waals surface area contributed by atoms with Crippen LogP contribution >= 0.6 is 23.5 Å². The van der Waals surface area contributed by atoms with Gasteiger partial charge in [-0.1, -0.05) is 54.4 Å². The molecule has 3 aliphatic rings. The Morgan fingerprint density at radius 1 is 0.955 bits per heavy atom. The van der Waals surface area contributed by atoms with Crippen LogP contribution in [0, 0.1) is 0 Å². The van der Waals surface area contributed by atoms with Crippen LogP contribution in [0.3, 0.4) is 0 Å². The van der Waals surface area contributed by atoms with E-state index in [2.05, 4.69) is 80.0 Å². The van der Waals surface area contributed by atoms with Crippen molar-refractivity contribution >= 4 is 56.7 Å². The Kier molecular flexibility index (Phi) is 6.16.